The number of rotatable bonds is 7. The molecule has 1 saturated heterocycles. The molecule has 1 rings (SSSR count). The van der Waals surface area contributed by atoms with Crippen LogP contribution in [0.5, 0.6) is 0 Å². The number of hydrogen-bond acceptors (Lipinski definition) is 6. The van der Waals surface area contributed by atoms with Gasteiger partial charge in [-0.15, -0.1) is 0 Å². The van der Waals surface area contributed by atoms with Gasteiger partial charge in [0.1, 0.15) is 0 Å². The summed E-state index contributed by atoms with van der Waals surface area (Å²) < 4.78 is 15.7. The summed E-state index contributed by atoms with van der Waals surface area (Å²) in [7, 11) is 4.95. The van der Waals surface area contributed by atoms with Crippen molar-refractivity contribution in [3.8, 4) is 0 Å². The number of ether oxygens (including phenoxy) is 3. The van der Waals surface area contributed by atoms with Gasteiger partial charge in [-0.1, -0.05) is 0 Å². The van der Waals surface area contributed by atoms with Gasteiger partial charge in [-0.3, -0.25) is 4.90 Å². The van der Waals surface area contributed by atoms with Crippen molar-refractivity contribution in [2.24, 2.45) is 5.73 Å². The maximum absolute atomic E-state index is 9.44. The number of nitrogens with two attached hydrogens (primary N) is 1. The topological polar surface area (TPSA) is 77.2 Å². The molecule has 0 saturated carbocycles. The van der Waals surface area contributed by atoms with E-state index in [4.69, 9.17) is 19.9 Å². The number of hydrogen-bond donors (Lipinski definition) is 2. The molecule has 0 aromatic heterocycles. The van der Waals surface area contributed by atoms with Gasteiger partial charge in [0, 0.05) is 40.5 Å². The van der Waals surface area contributed by atoms with Crippen molar-refractivity contribution in [1.82, 2.24) is 4.90 Å². The second-order valence-electron chi connectivity index (χ2n) is 4.37. The molecule has 6 nitrogen and oxygen atoms in total. The van der Waals surface area contributed by atoms with Gasteiger partial charge >= 0.3 is 0 Å². The van der Waals surface area contributed by atoms with E-state index in [1.54, 1.807) is 21.3 Å². The monoisotopic (exact) mass is 248 g/mol. The number of likely N-dealkylation sites (tertiary alicyclic amines) is 1. The Morgan fingerprint density at radius 2 is 1.76 bits per heavy atom. The smallest absolute Gasteiger partial charge is 0.0971 e. The largest absolute Gasteiger partial charge is 0.395 e. The summed E-state index contributed by atoms with van der Waals surface area (Å²) in [6.45, 7) is 1.88. The number of aliphatic hydroxyl groups excluding tert-OH is 1. The molecule has 3 N–H and O–H groups in total. The van der Waals surface area contributed by atoms with E-state index in [2.05, 4.69) is 4.90 Å². The van der Waals surface area contributed by atoms with E-state index in [9.17, 15) is 5.11 Å². The number of nitrogens with zero attached hydrogens (tertiary/aromatic N) is 1. The van der Waals surface area contributed by atoms with Crippen LogP contribution in [0.2, 0.25) is 0 Å². The lowest BCUT2D eigenvalue weighted by molar-refractivity contribution is -0.00461. The fraction of sp³-hybridized carbons (Fsp3) is 1.00. The van der Waals surface area contributed by atoms with Gasteiger partial charge in [0.2, 0.25) is 0 Å². The van der Waals surface area contributed by atoms with Crippen LogP contribution >= 0.6 is 0 Å². The van der Waals surface area contributed by atoms with Gasteiger partial charge in [-0.25, -0.2) is 0 Å². The predicted octanol–water partition coefficient (Wildman–Crippen LogP) is -1.33. The Hall–Kier alpha value is -0.240. The lowest BCUT2D eigenvalue weighted by Gasteiger charge is -2.30. The Bertz CT molecular complexity index is 206. The summed E-state index contributed by atoms with van der Waals surface area (Å²) in [6, 6.07) is -0.328. The highest BCUT2D eigenvalue weighted by Crippen LogP contribution is 2.19. The molecule has 0 aliphatic carbocycles. The molecule has 102 valence electrons. The molecule has 4 atom stereocenters. The van der Waals surface area contributed by atoms with E-state index >= 15 is 0 Å². The Morgan fingerprint density at radius 3 is 2.12 bits per heavy atom. The van der Waals surface area contributed by atoms with E-state index in [0.717, 1.165) is 13.1 Å². The van der Waals surface area contributed by atoms with Gasteiger partial charge in [-0.05, 0) is 0 Å². The first kappa shape index (κ1) is 14.8. The fourth-order valence-corrected chi connectivity index (χ4v) is 2.32. The predicted molar refractivity (Wildman–Crippen MR) is 63.9 cm³/mol. The molecule has 4 unspecified atom stereocenters. The van der Waals surface area contributed by atoms with Crippen LogP contribution in [-0.4, -0.2) is 81.9 Å². The first-order valence-electron chi connectivity index (χ1n) is 5.82. The van der Waals surface area contributed by atoms with E-state index in [1.807, 2.05) is 0 Å². The lowest BCUT2D eigenvalue weighted by atomic mass is 10.1. The second kappa shape index (κ2) is 7.25. The average Bonchev–Trinajstić information content (AvgIpc) is 2.73. The van der Waals surface area contributed by atoms with Crippen LogP contribution in [0.1, 0.15) is 0 Å². The Labute approximate surface area is 103 Å². The molecule has 6 heteroatoms. The normalized spacial score (nSPS) is 29.5. The van der Waals surface area contributed by atoms with Crippen LogP contribution in [0, 0.1) is 0 Å². The Balaban J connectivity index is 2.59. The summed E-state index contributed by atoms with van der Waals surface area (Å²) in [5.41, 5.74) is 5.98. The van der Waals surface area contributed by atoms with E-state index in [1.165, 1.54) is 0 Å². The van der Waals surface area contributed by atoms with Gasteiger partial charge in [0.15, 0.2) is 0 Å². The standard InChI is InChI=1S/C11H24N2O4/c1-15-7-8(12)9(6-14)13-4-10(16-2)11(5-13)17-3/h8-11,14H,4-7,12H2,1-3H3. The first-order chi connectivity index (χ1) is 8.17. The van der Waals surface area contributed by atoms with Crippen LogP contribution in [0.3, 0.4) is 0 Å². The van der Waals surface area contributed by atoms with Crippen molar-refractivity contribution in [2.75, 3.05) is 47.6 Å². The number of methoxy groups -OCH3 is 3. The fourth-order valence-electron chi connectivity index (χ4n) is 2.32. The third kappa shape index (κ3) is 3.61. The molecule has 0 spiro atoms. The summed E-state index contributed by atoms with van der Waals surface area (Å²) in [4.78, 5) is 2.10. The molecule has 1 aliphatic rings. The summed E-state index contributed by atoms with van der Waals surface area (Å²) in [6.07, 6.45) is 0.0626. The maximum Gasteiger partial charge on any atom is 0.0971 e. The van der Waals surface area contributed by atoms with Crippen LogP contribution in [0.15, 0.2) is 0 Å². The lowest BCUT2D eigenvalue weighted by Crippen LogP contribution is -2.51. The quantitative estimate of drug-likeness (QED) is 0.581. The van der Waals surface area contributed by atoms with Crippen LogP contribution < -0.4 is 5.73 Å². The Kier molecular flexibility index (Phi) is 6.32. The van der Waals surface area contributed by atoms with Gasteiger partial charge in [0.25, 0.3) is 0 Å². The third-order valence-corrected chi connectivity index (χ3v) is 3.36. The molecular weight excluding hydrogens is 224 g/mol. The molecule has 1 aliphatic heterocycles. The van der Waals surface area contributed by atoms with Crippen molar-refractivity contribution in [3.63, 3.8) is 0 Å². The minimum absolute atomic E-state index is 0.0113. The second-order valence-corrected chi connectivity index (χ2v) is 4.37. The minimum atomic E-state index is -0.210. The molecule has 0 bridgehead atoms. The average molecular weight is 248 g/mol. The van der Waals surface area contributed by atoms with Gasteiger partial charge in [-0.2, -0.15) is 0 Å². The van der Waals surface area contributed by atoms with Crippen LogP contribution in [0.25, 0.3) is 0 Å². The zero-order valence-corrected chi connectivity index (χ0v) is 10.8. The van der Waals surface area contributed by atoms with E-state index in [0.29, 0.717) is 6.61 Å². The molecule has 17 heavy (non-hydrogen) atoms. The minimum Gasteiger partial charge on any atom is -0.395 e. The molecule has 0 aromatic carbocycles. The molecule has 0 radical (unpaired) electrons. The van der Waals surface area contributed by atoms with E-state index < -0.39 is 0 Å². The highest BCUT2D eigenvalue weighted by molar-refractivity contribution is 4.92. The van der Waals surface area contributed by atoms with E-state index in [-0.39, 0.29) is 30.9 Å². The molecule has 0 amide bonds. The van der Waals surface area contributed by atoms with Crippen molar-refractivity contribution >= 4 is 0 Å². The molecule has 0 aromatic rings. The molecular formula is C11H24N2O4. The zero-order chi connectivity index (χ0) is 12.8. The Morgan fingerprint density at radius 1 is 1.24 bits per heavy atom. The van der Waals surface area contributed by atoms with Crippen LogP contribution in [-0.2, 0) is 14.2 Å². The summed E-state index contributed by atoms with van der Waals surface area (Å²) in [5.74, 6) is 0. The van der Waals surface area contributed by atoms with Crippen molar-refractivity contribution in [1.29, 1.82) is 0 Å². The highest BCUT2D eigenvalue weighted by Gasteiger charge is 2.38. The number of aliphatic hydroxyl groups is 1. The molecule has 1 heterocycles. The third-order valence-electron chi connectivity index (χ3n) is 3.36. The maximum atomic E-state index is 9.44. The summed E-state index contributed by atoms with van der Waals surface area (Å²) in [5, 5.41) is 9.44. The SMILES string of the molecule is COCC(N)C(CO)N1CC(OC)C(OC)C1. The van der Waals surface area contributed by atoms with Crippen molar-refractivity contribution in [3.05, 3.63) is 0 Å². The van der Waals surface area contributed by atoms with Gasteiger partial charge < -0.3 is 25.1 Å². The molecule has 1 fully saturated rings. The van der Waals surface area contributed by atoms with Gasteiger partial charge in [0.05, 0.1) is 31.5 Å². The zero-order valence-electron chi connectivity index (χ0n) is 10.8. The highest BCUT2D eigenvalue weighted by atomic mass is 16.5. The summed E-state index contributed by atoms with van der Waals surface area (Å²) >= 11 is 0. The van der Waals surface area contributed by atoms with Crippen molar-refractivity contribution < 1.29 is 19.3 Å². The van der Waals surface area contributed by atoms with Crippen LogP contribution in [0.4, 0.5) is 0 Å². The van der Waals surface area contributed by atoms with Crippen molar-refractivity contribution in [2.45, 2.75) is 24.3 Å². The first-order valence-corrected chi connectivity index (χ1v) is 5.82.